The van der Waals surface area contributed by atoms with Crippen LogP contribution in [0.1, 0.15) is 13.8 Å². The Morgan fingerprint density at radius 1 is 1.18 bits per heavy atom. The minimum absolute atomic E-state index is 0.172. The molecule has 0 rings (SSSR count). The quantitative estimate of drug-likeness (QED) is 0.428. The van der Waals surface area contributed by atoms with E-state index in [2.05, 4.69) is 0 Å². The van der Waals surface area contributed by atoms with Crippen molar-refractivity contribution in [3.05, 3.63) is 23.3 Å². The van der Waals surface area contributed by atoms with Gasteiger partial charge < -0.3 is 14.7 Å². The Labute approximate surface area is 101 Å². The number of carbonyl (C=O) groups excluding carboxylic acids is 1. The van der Waals surface area contributed by atoms with Crippen LogP contribution in [0.15, 0.2) is 23.3 Å². The highest BCUT2D eigenvalue weighted by molar-refractivity contribution is 5.89. The molecule has 17 heavy (non-hydrogen) atoms. The number of carboxylic acids is 1. The van der Waals surface area contributed by atoms with Crippen LogP contribution in [0.5, 0.6) is 0 Å². The molecule has 5 nitrogen and oxygen atoms in total. The van der Waals surface area contributed by atoms with Crippen molar-refractivity contribution in [3.8, 4) is 0 Å². The third-order valence-corrected chi connectivity index (χ3v) is 2.01. The Kier molecular flexibility index (Phi) is 6.89. The molecule has 0 aliphatic heterocycles. The minimum Gasteiger partial charge on any atom is -0.478 e. The SMILES string of the molecule is CC(=CC=C(C)C(=O)OCCN(C)C)C(=O)O. The molecule has 96 valence electrons. The summed E-state index contributed by atoms with van der Waals surface area (Å²) in [6, 6.07) is 0. The Morgan fingerprint density at radius 3 is 2.18 bits per heavy atom. The Morgan fingerprint density at radius 2 is 1.71 bits per heavy atom. The van der Waals surface area contributed by atoms with Crippen molar-refractivity contribution < 1.29 is 19.4 Å². The number of carboxylic acid groups (broad SMARTS) is 1. The predicted octanol–water partition coefficient (Wildman–Crippen LogP) is 1.07. The van der Waals surface area contributed by atoms with Gasteiger partial charge in [-0.1, -0.05) is 12.2 Å². The normalized spacial score (nSPS) is 12.8. The van der Waals surface area contributed by atoms with E-state index in [9.17, 15) is 9.59 Å². The van der Waals surface area contributed by atoms with E-state index >= 15 is 0 Å². The fourth-order valence-electron chi connectivity index (χ4n) is 0.824. The van der Waals surface area contributed by atoms with E-state index in [-0.39, 0.29) is 5.57 Å². The molecule has 0 fully saturated rings. The van der Waals surface area contributed by atoms with Crippen LogP contribution < -0.4 is 0 Å². The monoisotopic (exact) mass is 241 g/mol. The number of esters is 1. The van der Waals surface area contributed by atoms with Crippen molar-refractivity contribution in [1.29, 1.82) is 0 Å². The lowest BCUT2D eigenvalue weighted by Crippen LogP contribution is -2.20. The smallest absolute Gasteiger partial charge is 0.333 e. The van der Waals surface area contributed by atoms with Gasteiger partial charge in [-0.15, -0.1) is 0 Å². The second-order valence-electron chi connectivity index (χ2n) is 3.94. The van der Waals surface area contributed by atoms with E-state index in [1.165, 1.54) is 19.1 Å². The van der Waals surface area contributed by atoms with Crippen molar-refractivity contribution in [2.24, 2.45) is 0 Å². The second-order valence-corrected chi connectivity index (χ2v) is 3.94. The van der Waals surface area contributed by atoms with Gasteiger partial charge >= 0.3 is 11.9 Å². The molecule has 0 aromatic heterocycles. The lowest BCUT2D eigenvalue weighted by atomic mass is 10.2. The standard InChI is InChI=1S/C12H19NO4/c1-9(11(14)15)5-6-10(2)12(16)17-8-7-13(3)4/h5-6H,7-8H2,1-4H3,(H,14,15). The van der Waals surface area contributed by atoms with Gasteiger partial charge in [0.1, 0.15) is 6.61 Å². The van der Waals surface area contributed by atoms with Gasteiger partial charge in [0.2, 0.25) is 0 Å². The van der Waals surface area contributed by atoms with Gasteiger partial charge in [0.25, 0.3) is 0 Å². The average molecular weight is 241 g/mol. The molecule has 0 radical (unpaired) electrons. The molecule has 0 amide bonds. The highest BCUT2D eigenvalue weighted by Gasteiger charge is 2.05. The first-order valence-electron chi connectivity index (χ1n) is 5.25. The molecule has 1 N–H and O–H groups in total. The maximum atomic E-state index is 11.4. The Balaban J connectivity index is 4.26. The Hall–Kier alpha value is -1.62. The number of hydrogen-bond donors (Lipinski definition) is 1. The summed E-state index contributed by atoms with van der Waals surface area (Å²) in [4.78, 5) is 23.8. The average Bonchev–Trinajstić information content (AvgIpc) is 2.24. The van der Waals surface area contributed by atoms with Crippen LogP contribution >= 0.6 is 0 Å². The fourth-order valence-corrected chi connectivity index (χ4v) is 0.824. The lowest BCUT2D eigenvalue weighted by Gasteiger charge is -2.09. The van der Waals surface area contributed by atoms with E-state index in [0.717, 1.165) is 0 Å². The number of allylic oxidation sites excluding steroid dienone is 2. The van der Waals surface area contributed by atoms with E-state index in [1.807, 2.05) is 19.0 Å². The molecular weight excluding hydrogens is 222 g/mol. The summed E-state index contributed by atoms with van der Waals surface area (Å²) in [7, 11) is 3.77. The number of carbonyl (C=O) groups is 2. The number of likely N-dealkylation sites (N-methyl/N-ethyl adjacent to an activating group) is 1. The molecule has 0 saturated heterocycles. The summed E-state index contributed by atoms with van der Waals surface area (Å²) in [5.41, 5.74) is 0.551. The summed E-state index contributed by atoms with van der Waals surface area (Å²) in [6.45, 7) is 4.02. The van der Waals surface area contributed by atoms with E-state index < -0.39 is 11.9 Å². The van der Waals surface area contributed by atoms with Crippen molar-refractivity contribution >= 4 is 11.9 Å². The molecule has 0 aliphatic rings. The van der Waals surface area contributed by atoms with E-state index in [4.69, 9.17) is 9.84 Å². The van der Waals surface area contributed by atoms with Crippen LogP contribution in [-0.4, -0.2) is 49.2 Å². The summed E-state index contributed by atoms with van der Waals surface area (Å²) < 4.78 is 4.98. The molecule has 0 unspecified atom stereocenters. The first-order chi connectivity index (χ1) is 7.84. The molecule has 0 atom stereocenters. The van der Waals surface area contributed by atoms with Crippen molar-refractivity contribution in [1.82, 2.24) is 4.90 Å². The maximum Gasteiger partial charge on any atom is 0.333 e. The van der Waals surface area contributed by atoms with Crippen LogP contribution in [0.2, 0.25) is 0 Å². The van der Waals surface area contributed by atoms with Gasteiger partial charge in [-0.05, 0) is 27.9 Å². The summed E-state index contributed by atoms with van der Waals surface area (Å²) >= 11 is 0. The molecule has 5 heteroatoms. The lowest BCUT2D eigenvalue weighted by molar-refractivity contribution is -0.139. The highest BCUT2D eigenvalue weighted by Crippen LogP contribution is 2.00. The van der Waals surface area contributed by atoms with Gasteiger partial charge in [0.05, 0.1) is 0 Å². The summed E-state index contributed by atoms with van der Waals surface area (Å²) in [5, 5.41) is 8.62. The van der Waals surface area contributed by atoms with Gasteiger partial charge in [-0.3, -0.25) is 0 Å². The first-order valence-corrected chi connectivity index (χ1v) is 5.25. The first kappa shape index (κ1) is 15.4. The van der Waals surface area contributed by atoms with Crippen molar-refractivity contribution in [3.63, 3.8) is 0 Å². The largest absolute Gasteiger partial charge is 0.478 e. The van der Waals surface area contributed by atoms with Crippen LogP contribution in [0.3, 0.4) is 0 Å². The molecular formula is C12H19NO4. The zero-order valence-corrected chi connectivity index (χ0v) is 10.7. The minimum atomic E-state index is -1.00. The fraction of sp³-hybridized carbons (Fsp3) is 0.500. The van der Waals surface area contributed by atoms with Gasteiger partial charge in [0.15, 0.2) is 0 Å². The molecule has 0 heterocycles. The number of ether oxygens (including phenoxy) is 1. The summed E-state index contributed by atoms with van der Waals surface area (Å²) in [6.07, 6.45) is 2.83. The highest BCUT2D eigenvalue weighted by atomic mass is 16.5. The van der Waals surface area contributed by atoms with Crippen LogP contribution in [0.25, 0.3) is 0 Å². The number of rotatable bonds is 6. The molecule has 0 aromatic carbocycles. The molecule has 0 saturated carbocycles. The van der Waals surface area contributed by atoms with E-state index in [0.29, 0.717) is 18.7 Å². The Bertz CT molecular complexity index is 342. The number of aliphatic carboxylic acids is 1. The number of nitrogens with zero attached hydrogens (tertiary/aromatic N) is 1. The summed E-state index contributed by atoms with van der Waals surface area (Å²) in [5.74, 6) is -1.43. The second kappa shape index (κ2) is 7.62. The van der Waals surface area contributed by atoms with Crippen LogP contribution in [0.4, 0.5) is 0 Å². The van der Waals surface area contributed by atoms with Gasteiger partial charge in [0, 0.05) is 17.7 Å². The third-order valence-electron chi connectivity index (χ3n) is 2.01. The van der Waals surface area contributed by atoms with Crippen LogP contribution in [0, 0.1) is 0 Å². The zero-order chi connectivity index (χ0) is 13.4. The van der Waals surface area contributed by atoms with E-state index in [1.54, 1.807) is 6.92 Å². The molecule has 0 bridgehead atoms. The van der Waals surface area contributed by atoms with Gasteiger partial charge in [-0.2, -0.15) is 0 Å². The maximum absolute atomic E-state index is 11.4. The van der Waals surface area contributed by atoms with Crippen molar-refractivity contribution in [2.75, 3.05) is 27.2 Å². The molecule has 0 aromatic rings. The third kappa shape index (κ3) is 7.30. The van der Waals surface area contributed by atoms with Gasteiger partial charge in [-0.25, -0.2) is 9.59 Å². The van der Waals surface area contributed by atoms with Crippen LogP contribution in [-0.2, 0) is 14.3 Å². The van der Waals surface area contributed by atoms with Crippen molar-refractivity contribution in [2.45, 2.75) is 13.8 Å². The predicted molar refractivity (Wildman–Crippen MR) is 64.7 cm³/mol. The molecule has 0 spiro atoms. The topological polar surface area (TPSA) is 66.8 Å². The molecule has 0 aliphatic carbocycles. The zero-order valence-electron chi connectivity index (χ0n) is 10.7. The number of hydrogen-bond acceptors (Lipinski definition) is 4.